The summed E-state index contributed by atoms with van der Waals surface area (Å²) >= 11 is 5.65. The second-order valence-electron chi connectivity index (χ2n) is 4.61. The molecule has 0 saturated heterocycles. The molecule has 1 aromatic carbocycles. The SMILES string of the molecule is O=C(O)c1cc(S(=O)(=O)NNc2ccc(C(F)(F)F)cn2)ccc1Cl. The number of nitrogens with zero attached hydrogens (tertiary/aromatic N) is 1. The number of hydrogen-bond acceptors (Lipinski definition) is 5. The number of hydrazine groups is 1. The molecule has 2 rings (SSSR count). The number of benzene rings is 1. The van der Waals surface area contributed by atoms with Gasteiger partial charge in [-0.3, -0.25) is 5.43 Å². The van der Waals surface area contributed by atoms with Crippen LogP contribution in [0.15, 0.2) is 41.4 Å². The number of rotatable bonds is 5. The lowest BCUT2D eigenvalue weighted by atomic mass is 10.2. The molecule has 12 heteroatoms. The first-order valence-corrected chi connectivity index (χ1v) is 8.21. The third kappa shape index (κ3) is 4.59. The van der Waals surface area contributed by atoms with Crippen LogP contribution in [0.5, 0.6) is 0 Å². The van der Waals surface area contributed by atoms with Gasteiger partial charge >= 0.3 is 12.1 Å². The molecular formula is C13H9ClF3N3O4S. The largest absolute Gasteiger partial charge is 0.478 e. The van der Waals surface area contributed by atoms with Gasteiger partial charge in [-0.1, -0.05) is 11.6 Å². The van der Waals surface area contributed by atoms with Gasteiger partial charge in [0.05, 0.1) is 21.0 Å². The summed E-state index contributed by atoms with van der Waals surface area (Å²) in [7, 11) is -4.22. The highest BCUT2D eigenvalue weighted by Crippen LogP contribution is 2.28. The molecule has 25 heavy (non-hydrogen) atoms. The van der Waals surface area contributed by atoms with Gasteiger partial charge in [-0.15, -0.1) is 4.83 Å². The fourth-order valence-corrected chi connectivity index (χ4v) is 2.72. The van der Waals surface area contributed by atoms with E-state index in [0.29, 0.717) is 12.3 Å². The number of carbonyl (C=O) groups is 1. The number of aromatic carboxylic acids is 1. The summed E-state index contributed by atoms with van der Waals surface area (Å²) in [5, 5.41) is 8.79. The fourth-order valence-electron chi connectivity index (χ4n) is 1.65. The highest BCUT2D eigenvalue weighted by atomic mass is 35.5. The van der Waals surface area contributed by atoms with Gasteiger partial charge in [-0.2, -0.15) is 13.2 Å². The van der Waals surface area contributed by atoms with E-state index >= 15 is 0 Å². The van der Waals surface area contributed by atoms with Crippen LogP contribution < -0.4 is 10.3 Å². The first-order valence-electron chi connectivity index (χ1n) is 6.34. The Balaban J connectivity index is 2.17. The van der Waals surface area contributed by atoms with Gasteiger partial charge in [0.25, 0.3) is 10.0 Å². The number of pyridine rings is 1. The number of hydrogen-bond donors (Lipinski definition) is 3. The van der Waals surface area contributed by atoms with Crippen LogP contribution in [0, 0.1) is 0 Å². The van der Waals surface area contributed by atoms with Crippen LogP contribution in [0.1, 0.15) is 15.9 Å². The van der Waals surface area contributed by atoms with E-state index in [1.54, 1.807) is 0 Å². The maximum absolute atomic E-state index is 12.4. The zero-order valence-corrected chi connectivity index (χ0v) is 13.6. The highest BCUT2D eigenvalue weighted by Gasteiger charge is 2.30. The molecule has 2 aromatic rings. The second kappa shape index (κ2) is 6.86. The molecule has 0 aliphatic rings. The van der Waals surface area contributed by atoms with Crippen LogP contribution >= 0.6 is 11.6 Å². The Hall–Kier alpha value is -2.37. The van der Waals surface area contributed by atoms with Crippen molar-refractivity contribution in [2.45, 2.75) is 11.1 Å². The van der Waals surface area contributed by atoms with Crippen LogP contribution in [0.2, 0.25) is 5.02 Å². The highest BCUT2D eigenvalue weighted by molar-refractivity contribution is 7.89. The van der Waals surface area contributed by atoms with E-state index in [1.165, 1.54) is 0 Å². The molecule has 0 fully saturated rings. The van der Waals surface area contributed by atoms with E-state index in [2.05, 4.69) is 10.4 Å². The summed E-state index contributed by atoms with van der Waals surface area (Å²) in [5.74, 6) is -1.61. The van der Waals surface area contributed by atoms with E-state index in [-0.39, 0.29) is 10.8 Å². The average Bonchev–Trinajstić information content (AvgIpc) is 2.52. The Morgan fingerprint density at radius 2 is 1.88 bits per heavy atom. The first kappa shape index (κ1) is 19.0. The molecular weight excluding hydrogens is 387 g/mol. The molecule has 0 aliphatic heterocycles. The Morgan fingerprint density at radius 1 is 1.20 bits per heavy atom. The summed E-state index contributed by atoms with van der Waals surface area (Å²) in [6.07, 6.45) is -4.04. The summed E-state index contributed by atoms with van der Waals surface area (Å²) in [5.41, 5.74) is 0.714. The third-order valence-corrected chi connectivity index (χ3v) is 4.46. The van der Waals surface area contributed by atoms with Crippen LogP contribution in [-0.2, 0) is 16.2 Å². The van der Waals surface area contributed by atoms with Gasteiger partial charge < -0.3 is 5.11 Å². The molecule has 0 spiro atoms. The minimum Gasteiger partial charge on any atom is -0.478 e. The Morgan fingerprint density at radius 3 is 2.40 bits per heavy atom. The molecule has 7 nitrogen and oxygen atoms in total. The number of nitrogens with one attached hydrogen (secondary N) is 2. The maximum atomic E-state index is 12.4. The molecule has 0 unspecified atom stereocenters. The van der Waals surface area contributed by atoms with Gasteiger partial charge in [-0.05, 0) is 30.3 Å². The van der Waals surface area contributed by atoms with Crippen molar-refractivity contribution in [3.8, 4) is 0 Å². The van der Waals surface area contributed by atoms with Crippen LogP contribution in [0.3, 0.4) is 0 Å². The zero-order valence-electron chi connectivity index (χ0n) is 12.0. The lowest BCUT2D eigenvalue weighted by Crippen LogP contribution is -2.30. The number of alkyl halides is 3. The fraction of sp³-hybridized carbons (Fsp3) is 0.0769. The lowest BCUT2D eigenvalue weighted by Gasteiger charge is -2.11. The van der Waals surface area contributed by atoms with E-state index in [4.69, 9.17) is 16.7 Å². The van der Waals surface area contributed by atoms with Gasteiger partial charge in [0.2, 0.25) is 0 Å². The minimum atomic E-state index is -4.57. The van der Waals surface area contributed by atoms with Crippen molar-refractivity contribution in [2.75, 3.05) is 5.43 Å². The summed E-state index contributed by atoms with van der Waals surface area (Å²) in [6.45, 7) is 0. The van der Waals surface area contributed by atoms with E-state index in [1.807, 2.05) is 4.83 Å². The van der Waals surface area contributed by atoms with Crippen molar-refractivity contribution in [1.29, 1.82) is 0 Å². The van der Waals surface area contributed by atoms with Crippen molar-refractivity contribution in [3.63, 3.8) is 0 Å². The quantitative estimate of drug-likeness (QED) is 0.672. The number of anilines is 1. The molecule has 0 bridgehead atoms. The van der Waals surface area contributed by atoms with Crippen molar-refractivity contribution in [3.05, 3.63) is 52.7 Å². The summed E-state index contributed by atoms with van der Waals surface area (Å²) in [4.78, 5) is 15.9. The maximum Gasteiger partial charge on any atom is 0.417 e. The van der Waals surface area contributed by atoms with Crippen molar-refractivity contribution in [1.82, 2.24) is 9.82 Å². The zero-order chi connectivity index (χ0) is 18.8. The molecule has 0 amide bonds. The van der Waals surface area contributed by atoms with E-state index in [0.717, 1.165) is 24.3 Å². The first-order chi connectivity index (χ1) is 11.5. The standard InChI is InChI=1S/C13H9ClF3N3O4S/c14-10-3-2-8(5-9(10)12(21)22)25(23,24)20-19-11-4-1-7(6-18-11)13(15,16)17/h1-6,20H,(H,18,19)(H,21,22). The number of sulfonamides is 1. The molecule has 1 heterocycles. The number of halogens is 4. The average molecular weight is 396 g/mol. The smallest absolute Gasteiger partial charge is 0.417 e. The van der Waals surface area contributed by atoms with Gasteiger partial charge in [0.1, 0.15) is 5.82 Å². The van der Waals surface area contributed by atoms with Crippen molar-refractivity contribution in [2.24, 2.45) is 0 Å². The van der Waals surface area contributed by atoms with E-state index in [9.17, 15) is 26.4 Å². The number of carboxylic acid groups (broad SMARTS) is 1. The predicted molar refractivity (Wildman–Crippen MR) is 81.6 cm³/mol. The summed E-state index contributed by atoms with van der Waals surface area (Å²) in [6, 6.07) is 4.65. The van der Waals surface area contributed by atoms with Gasteiger partial charge in [0.15, 0.2) is 0 Å². The normalized spacial score (nSPS) is 12.0. The van der Waals surface area contributed by atoms with Gasteiger partial charge in [0, 0.05) is 6.20 Å². The molecule has 3 N–H and O–H groups in total. The van der Waals surface area contributed by atoms with Gasteiger partial charge in [-0.25, -0.2) is 18.2 Å². The Labute approximate surface area is 144 Å². The van der Waals surface area contributed by atoms with Crippen molar-refractivity contribution < 1.29 is 31.5 Å². The predicted octanol–water partition coefficient (Wildman–Crippen LogP) is 2.76. The minimum absolute atomic E-state index is 0.149. The second-order valence-corrected chi connectivity index (χ2v) is 6.70. The van der Waals surface area contributed by atoms with E-state index < -0.39 is 38.2 Å². The van der Waals surface area contributed by atoms with Crippen molar-refractivity contribution >= 4 is 33.4 Å². The summed E-state index contributed by atoms with van der Waals surface area (Å²) < 4.78 is 61.5. The number of carboxylic acids is 1. The molecule has 1 aromatic heterocycles. The lowest BCUT2D eigenvalue weighted by molar-refractivity contribution is -0.137. The Kier molecular flexibility index (Phi) is 5.20. The third-order valence-electron chi connectivity index (χ3n) is 2.88. The van der Waals surface area contributed by atoms with Crippen LogP contribution in [-0.4, -0.2) is 24.5 Å². The Bertz CT molecular complexity index is 902. The van der Waals surface area contributed by atoms with Crippen LogP contribution in [0.25, 0.3) is 0 Å². The monoisotopic (exact) mass is 395 g/mol. The topological polar surface area (TPSA) is 108 Å². The molecule has 0 saturated carbocycles. The molecule has 0 atom stereocenters. The molecule has 134 valence electrons. The van der Waals surface area contributed by atoms with Crippen LogP contribution in [0.4, 0.5) is 19.0 Å². The molecule has 0 radical (unpaired) electrons. The number of aromatic nitrogens is 1. The molecule has 0 aliphatic carbocycles.